The molecule has 1 atom stereocenters. The van der Waals surface area contributed by atoms with Crippen molar-refractivity contribution in [2.24, 2.45) is 0 Å². The minimum absolute atomic E-state index is 0.216. The molecule has 0 aromatic carbocycles. The molecular formula is C9H15N3O5S. The third kappa shape index (κ3) is 3.28. The van der Waals surface area contributed by atoms with Gasteiger partial charge in [-0.05, 0) is 6.92 Å². The number of nitrogens with one attached hydrogen (secondary N) is 1. The Morgan fingerprint density at radius 3 is 2.78 bits per heavy atom. The Labute approximate surface area is 105 Å². The Kier molecular flexibility index (Phi) is 4.82. The van der Waals surface area contributed by atoms with Gasteiger partial charge in [0.2, 0.25) is 0 Å². The van der Waals surface area contributed by atoms with Gasteiger partial charge in [0.25, 0.3) is 10.0 Å². The number of carbonyl (C=O) groups excluding carboxylic acids is 1. The third-order valence-corrected chi connectivity index (χ3v) is 3.57. The minimum Gasteiger partial charge on any atom is -0.468 e. The SMILES string of the molecule is CCn1cnc(S(=O)(=O)NC(CO)C(=O)OC)c1. The molecule has 0 amide bonds. The van der Waals surface area contributed by atoms with E-state index in [0.29, 0.717) is 6.54 Å². The van der Waals surface area contributed by atoms with Crippen molar-refractivity contribution in [1.82, 2.24) is 14.3 Å². The van der Waals surface area contributed by atoms with E-state index in [4.69, 9.17) is 5.11 Å². The number of sulfonamides is 1. The summed E-state index contributed by atoms with van der Waals surface area (Å²) in [5.74, 6) is -0.865. The summed E-state index contributed by atoms with van der Waals surface area (Å²) >= 11 is 0. The lowest BCUT2D eigenvalue weighted by molar-refractivity contribution is -0.143. The van der Waals surface area contributed by atoms with Gasteiger partial charge in [-0.3, -0.25) is 4.79 Å². The summed E-state index contributed by atoms with van der Waals surface area (Å²) in [5, 5.41) is 8.72. The number of aliphatic hydroxyl groups excluding tert-OH is 1. The van der Waals surface area contributed by atoms with Crippen LogP contribution in [0.5, 0.6) is 0 Å². The number of hydrogen-bond donors (Lipinski definition) is 2. The maximum absolute atomic E-state index is 11.8. The molecule has 0 aliphatic rings. The number of rotatable bonds is 6. The largest absolute Gasteiger partial charge is 0.468 e. The van der Waals surface area contributed by atoms with E-state index in [9.17, 15) is 13.2 Å². The number of aliphatic hydroxyl groups is 1. The number of esters is 1. The number of carbonyl (C=O) groups is 1. The Morgan fingerprint density at radius 1 is 1.67 bits per heavy atom. The van der Waals surface area contributed by atoms with Crippen molar-refractivity contribution in [2.75, 3.05) is 13.7 Å². The predicted octanol–water partition coefficient (Wildman–Crippen LogP) is -1.28. The molecule has 18 heavy (non-hydrogen) atoms. The van der Waals surface area contributed by atoms with Gasteiger partial charge in [0.1, 0.15) is 6.04 Å². The van der Waals surface area contributed by atoms with Gasteiger partial charge in [0.15, 0.2) is 5.03 Å². The van der Waals surface area contributed by atoms with Crippen molar-refractivity contribution in [3.05, 3.63) is 12.5 Å². The van der Waals surface area contributed by atoms with Crippen LogP contribution in [-0.2, 0) is 26.1 Å². The van der Waals surface area contributed by atoms with Crippen molar-refractivity contribution in [3.63, 3.8) is 0 Å². The molecule has 9 heteroatoms. The highest BCUT2D eigenvalue weighted by Gasteiger charge is 2.27. The van der Waals surface area contributed by atoms with Crippen LogP contribution in [-0.4, -0.2) is 48.8 Å². The van der Waals surface area contributed by atoms with Crippen LogP contribution in [0.15, 0.2) is 17.6 Å². The zero-order chi connectivity index (χ0) is 13.8. The zero-order valence-electron chi connectivity index (χ0n) is 10.0. The van der Waals surface area contributed by atoms with Gasteiger partial charge in [-0.2, -0.15) is 4.72 Å². The molecule has 0 saturated heterocycles. The van der Waals surface area contributed by atoms with E-state index in [2.05, 4.69) is 9.72 Å². The summed E-state index contributed by atoms with van der Waals surface area (Å²) < 4.78 is 31.6. The van der Waals surface area contributed by atoms with E-state index < -0.39 is 28.6 Å². The lowest BCUT2D eigenvalue weighted by Gasteiger charge is -2.12. The van der Waals surface area contributed by atoms with Crippen LogP contribution in [0, 0.1) is 0 Å². The Bertz CT molecular complexity index is 510. The van der Waals surface area contributed by atoms with Gasteiger partial charge in [0.05, 0.1) is 20.0 Å². The van der Waals surface area contributed by atoms with Gasteiger partial charge < -0.3 is 14.4 Å². The van der Waals surface area contributed by atoms with Gasteiger partial charge in [-0.1, -0.05) is 0 Å². The predicted molar refractivity (Wildman–Crippen MR) is 61.1 cm³/mol. The second-order valence-corrected chi connectivity index (χ2v) is 5.08. The summed E-state index contributed by atoms with van der Waals surface area (Å²) in [6, 6.07) is -1.34. The number of nitrogens with zero attached hydrogens (tertiary/aromatic N) is 2. The van der Waals surface area contributed by atoms with E-state index in [1.807, 2.05) is 11.6 Å². The summed E-state index contributed by atoms with van der Waals surface area (Å²) in [7, 11) is -2.86. The number of hydrogen-bond acceptors (Lipinski definition) is 6. The summed E-state index contributed by atoms with van der Waals surface area (Å²) in [6.07, 6.45) is 2.69. The lowest BCUT2D eigenvalue weighted by atomic mass is 10.3. The monoisotopic (exact) mass is 277 g/mol. The molecule has 2 N–H and O–H groups in total. The highest BCUT2D eigenvalue weighted by atomic mass is 32.2. The van der Waals surface area contributed by atoms with Crippen LogP contribution in [0.3, 0.4) is 0 Å². The molecule has 1 unspecified atom stereocenters. The van der Waals surface area contributed by atoms with E-state index in [1.165, 1.54) is 12.5 Å². The molecule has 102 valence electrons. The minimum atomic E-state index is -3.96. The summed E-state index contributed by atoms with van der Waals surface area (Å²) in [6.45, 7) is 1.71. The molecule has 0 saturated carbocycles. The standard InChI is InChI=1S/C9H15N3O5S/c1-3-12-4-8(10-6-12)18(15,16)11-7(5-13)9(14)17-2/h4,6-7,11,13H,3,5H2,1-2H3. The van der Waals surface area contributed by atoms with E-state index in [1.54, 1.807) is 4.57 Å². The molecule has 0 spiro atoms. The van der Waals surface area contributed by atoms with Crippen LogP contribution >= 0.6 is 0 Å². The summed E-state index contributed by atoms with van der Waals surface area (Å²) in [4.78, 5) is 14.9. The average Bonchev–Trinajstić information content (AvgIpc) is 2.84. The van der Waals surface area contributed by atoms with E-state index in [0.717, 1.165) is 7.11 Å². The Morgan fingerprint density at radius 2 is 2.33 bits per heavy atom. The third-order valence-electron chi connectivity index (χ3n) is 2.22. The summed E-state index contributed by atoms with van der Waals surface area (Å²) in [5.41, 5.74) is 0. The topological polar surface area (TPSA) is 111 Å². The fourth-order valence-corrected chi connectivity index (χ4v) is 2.33. The first-order valence-corrected chi connectivity index (χ1v) is 6.65. The fraction of sp³-hybridized carbons (Fsp3) is 0.556. The van der Waals surface area contributed by atoms with Crippen molar-refractivity contribution < 1.29 is 23.1 Å². The van der Waals surface area contributed by atoms with Crippen molar-refractivity contribution in [1.29, 1.82) is 0 Å². The first-order valence-electron chi connectivity index (χ1n) is 5.17. The smallest absolute Gasteiger partial charge is 0.326 e. The second kappa shape index (κ2) is 5.94. The van der Waals surface area contributed by atoms with Crippen molar-refractivity contribution >= 4 is 16.0 Å². The normalized spacial score (nSPS) is 13.3. The van der Waals surface area contributed by atoms with Crippen molar-refractivity contribution in [2.45, 2.75) is 24.5 Å². The molecule has 0 fully saturated rings. The van der Waals surface area contributed by atoms with Crippen LogP contribution in [0.25, 0.3) is 0 Å². The molecule has 8 nitrogen and oxygen atoms in total. The Hall–Kier alpha value is -1.45. The van der Waals surface area contributed by atoms with Crippen LogP contribution in [0.4, 0.5) is 0 Å². The number of aryl methyl sites for hydroxylation is 1. The molecule has 1 rings (SSSR count). The number of imidazole rings is 1. The molecule has 1 heterocycles. The lowest BCUT2D eigenvalue weighted by Crippen LogP contribution is -2.44. The van der Waals surface area contributed by atoms with Crippen LogP contribution in [0.1, 0.15) is 6.92 Å². The fourth-order valence-electron chi connectivity index (χ4n) is 1.20. The van der Waals surface area contributed by atoms with Crippen molar-refractivity contribution in [3.8, 4) is 0 Å². The van der Waals surface area contributed by atoms with Gasteiger partial charge in [-0.25, -0.2) is 13.4 Å². The van der Waals surface area contributed by atoms with E-state index in [-0.39, 0.29) is 5.03 Å². The first-order chi connectivity index (χ1) is 8.44. The number of ether oxygens (including phenoxy) is 1. The molecule has 0 radical (unpaired) electrons. The van der Waals surface area contributed by atoms with Gasteiger partial charge >= 0.3 is 5.97 Å². The van der Waals surface area contributed by atoms with E-state index >= 15 is 0 Å². The first kappa shape index (κ1) is 14.6. The van der Waals surface area contributed by atoms with Gasteiger partial charge in [-0.15, -0.1) is 0 Å². The number of aromatic nitrogens is 2. The molecular weight excluding hydrogens is 262 g/mol. The number of methoxy groups -OCH3 is 1. The quantitative estimate of drug-likeness (QED) is 0.626. The maximum atomic E-state index is 11.8. The molecule has 0 aliphatic carbocycles. The molecule has 0 aliphatic heterocycles. The highest BCUT2D eigenvalue weighted by molar-refractivity contribution is 7.89. The maximum Gasteiger partial charge on any atom is 0.326 e. The Balaban J connectivity index is 2.90. The highest BCUT2D eigenvalue weighted by Crippen LogP contribution is 2.06. The molecule has 0 bridgehead atoms. The molecule has 1 aromatic rings. The molecule has 1 aromatic heterocycles. The average molecular weight is 277 g/mol. The van der Waals surface area contributed by atoms with Gasteiger partial charge in [0, 0.05) is 12.7 Å². The van der Waals surface area contributed by atoms with Crippen LogP contribution < -0.4 is 4.72 Å². The van der Waals surface area contributed by atoms with Crippen LogP contribution in [0.2, 0.25) is 0 Å². The second-order valence-electron chi connectivity index (χ2n) is 3.42. The zero-order valence-corrected chi connectivity index (χ0v) is 10.8.